The molecule has 3 nitrogen and oxygen atoms in total. The summed E-state index contributed by atoms with van der Waals surface area (Å²) < 4.78 is 5.85. The van der Waals surface area contributed by atoms with Crippen LogP contribution in [0.3, 0.4) is 0 Å². The molecule has 1 N–H and O–H groups in total. The fraction of sp³-hybridized carbons (Fsp3) is 0.250. The Labute approximate surface area is 104 Å². The minimum atomic E-state index is -0.174. The number of rotatable bonds is 4. The summed E-state index contributed by atoms with van der Waals surface area (Å²) >= 11 is 3.33. The zero-order chi connectivity index (χ0) is 12.1. The van der Waals surface area contributed by atoms with Gasteiger partial charge in [0.25, 0.3) is 5.91 Å². The highest BCUT2D eigenvalue weighted by Crippen LogP contribution is 2.26. The molecular weight excluding hydrogens is 270 g/mol. The summed E-state index contributed by atoms with van der Waals surface area (Å²) in [5, 5.41) is 2.77. The van der Waals surface area contributed by atoms with E-state index in [1.54, 1.807) is 12.1 Å². The number of hydrogen-bond donors (Lipinski definition) is 1. The zero-order valence-corrected chi connectivity index (χ0v) is 10.9. The third kappa shape index (κ3) is 3.10. The van der Waals surface area contributed by atoms with E-state index in [9.17, 15) is 4.79 Å². The fourth-order valence-electron chi connectivity index (χ4n) is 1.21. The average molecular weight is 284 g/mol. The summed E-state index contributed by atoms with van der Waals surface area (Å²) in [4.78, 5) is 11.9. The highest BCUT2D eigenvalue weighted by molar-refractivity contribution is 9.10. The highest BCUT2D eigenvalue weighted by Gasteiger charge is 2.15. The molecule has 1 amide bonds. The van der Waals surface area contributed by atoms with E-state index in [2.05, 4.69) is 27.8 Å². The Morgan fingerprint density at radius 3 is 2.81 bits per heavy atom. The lowest BCUT2D eigenvalue weighted by Gasteiger charge is -2.10. The van der Waals surface area contributed by atoms with Gasteiger partial charge in [-0.05, 0) is 35.0 Å². The molecule has 0 radical (unpaired) electrons. The quantitative estimate of drug-likeness (QED) is 0.863. The lowest BCUT2D eigenvalue weighted by molar-refractivity contribution is 0.0953. The van der Waals surface area contributed by atoms with Gasteiger partial charge in [0.2, 0.25) is 0 Å². The van der Waals surface area contributed by atoms with Crippen molar-refractivity contribution in [1.29, 1.82) is 0 Å². The summed E-state index contributed by atoms with van der Waals surface area (Å²) in [6, 6.07) is 5.37. The Hall–Kier alpha value is -1.29. The van der Waals surface area contributed by atoms with E-state index in [-0.39, 0.29) is 5.91 Å². The standard InChI is InChI=1S/C12H14BrNO2/c1-8(2)7-14-12(15)11-9(13)5-4-6-10(11)16-3/h4-6H,1,7H2,2-3H3,(H,14,15). The number of carbonyl (C=O) groups excluding carboxylic acids is 1. The van der Waals surface area contributed by atoms with Crippen LogP contribution in [0.5, 0.6) is 5.75 Å². The van der Waals surface area contributed by atoms with Crippen molar-refractivity contribution in [2.45, 2.75) is 6.92 Å². The normalized spacial score (nSPS) is 9.69. The van der Waals surface area contributed by atoms with Crippen LogP contribution in [-0.2, 0) is 0 Å². The SMILES string of the molecule is C=C(C)CNC(=O)c1c(Br)cccc1OC. The second-order valence-electron chi connectivity index (χ2n) is 3.46. The van der Waals surface area contributed by atoms with Crippen molar-refractivity contribution in [2.75, 3.05) is 13.7 Å². The number of benzene rings is 1. The Bertz CT molecular complexity index is 415. The van der Waals surface area contributed by atoms with Gasteiger partial charge in [0.1, 0.15) is 5.75 Å². The summed E-state index contributed by atoms with van der Waals surface area (Å²) in [5.41, 5.74) is 1.41. The van der Waals surface area contributed by atoms with Crippen molar-refractivity contribution < 1.29 is 9.53 Å². The number of carbonyl (C=O) groups is 1. The topological polar surface area (TPSA) is 38.3 Å². The molecule has 0 atom stereocenters. The van der Waals surface area contributed by atoms with Gasteiger partial charge in [-0.15, -0.1) is 0 Å². The van der Waals surface area contributed by atoms with Crippen molar-refractivity contribution in [2.24, 2.45) is 0 Å². The minimum Gasteiger partial charge on any atom is -0.496 e. The Morgan fingerprint density at radius 2 is 2.25 bits per heavy atom. The van der Waals surface area contributed by atoms with Gasteiger partial charge in [0.05, 0.1) is 12.7 Å². The molecule has 0 saturated heterocycles. The van der Waals surface area contributed by atoms with Crippen molar-refractivity contribution >= 4 is 21.8 Å². The van der Waals surface area contributed by atoms with Crippen molar-refractivity contribution in [3.63, 3.8) is 0 Å². The van der Waals surface area contributed by atoms with Crippen LogP contribution >= 0.6 is 15.9 Å². The maximum Gasteiger partial charge on any atom is 0.256 e. The van der Waals surface area contributed by atoms with Gasteiger partial charge < -0.3 is 10.1 Å². The van der Waals surface area contributed by atoms with Crippen LogP contribution in [0.2, 0.25) is 0 Å². The van der Waals surface area contributed by atoms with E-state index >= 15 is 0 Å². The molecule has 0 bridgehead atoms. The third-order valence-corrected chi connectivity index (χ3v) is 2.63. The van der Waals surface area contributed by atoms with E-state index < -0.39 is 0 Å². The van der Waals surface area contributed by atoms with Gasteiger partial charge in [0, 0.05) is 11.0 Å². The van der Waals surface area contributed by atoms with Crippen LogP contribution in [0.15, 0.2) is 34.8 Å². The molecule has 0 heterocycles. The van der Waals surface area contributed by atoms with Gasteiger partial charge >= 0.3 is 0 Å². The predicted molar refractivity (Wildman–Crippen MR) is 67.8 cm³/mol. The molecule has 0 aliphatic rings. The Morgan fingerprint density at radius 1 is 1.56 bits per heavy atom. The molecule has 16 heavy (non-hydrogen) atoms. The molecule has 0 aliphatic carbocycles. The first-order valence-corrected chi connectivity index (χ1v) is 5.60. The maximum atomic E-state index is 11.9. The van der Waals surface area contributed by atoms with Gasteiger partial charge in [-0.1, -0.05) is 18.2 Å². The third-order valence-electron chi connectivity index (χ3n) is 1.97. The highest BCUT2D eigenvalue weighted by atomic mass is 79.9. The first-order valence-electron chi connectivity index (χ1n) is 4.81. The number of methoxy groups -OCH3 is 1. The number of ether oxygens (including phenoxy) is 1. The number of hydrogen-bond acceptors (Lipinski definition) is 2. The van der Waals surface area contributed by atoms with Crippen molar-refractivity contribution in [3.8, 4) is 5.75 Å². The molecule has 1 aromatic rings. The first kappa shape index (κ1) is 12.8. The summed E-state index contributed by atoms with van der Waals surface area (Å²) in [7, 11) is 1.54. The van der Waals surface area contributed by atoms with Gasteiger partial charge in [-0.25, -0.2) is 0 Å². The summed E-state index contributed by atoms with van der Waals surface area (Å²) in [6.07, 6.45) is 0. The molecule has 1 aromatic carbocycles. The second-order valence-corrected chi connectivity index (χ2v) is 4.31. The van der Waals surface area contributed by atoms with E-state index in [1.165, 1.54) is 7.11 Å². The van der Waals surface area contributed by atoms with E-state index in [4.69, 9.17) is 4.74 Å². The monoisotopic (exact) mass is 283 g/mol. The summed E-state index contributed by atoms with van der Waals surface area (Å²) in [6.45, 7) is 6.05. The largest absolute Gasteiger partial charge is 0.496 e. The van der Waals surface area contributed by atoms with Crippen LogP contribution in [0.25, 0.3) is 0 Å². The van der Waals surface area contributed by atoms with E-state index in [0.29, 0.717) is 22.3 Å². The molecule has 0 unspecified atom stereocenters. The Balaban J connectivity index is 2.93. The number of halogens is 1. The Kier molecular flexibility index (Phi) is 4.55. The minimum absolute atomic E-state index is 0.174. The van der Waals surface area contributed by atoms with Gasteiger partial charge in [-0.3, -0.25) is 4.79 Å². The van der Waals surface area contributed by atoms with Crippen molar-refractivity contribution in [1.82, 2.24) is 5.32 Å². The van der Waals surface area contributed by atoms with Crippen LogP contribution in [0.4, 0.5) is 0 Å². The number of nitrogens with one attached hydrogen (secondary N) is 1. The molecule has 4 heteroatoms. The van der Waals surface area contributed by atoms with Crippen LogP contribution in [0.1, 0.15) is 17.3 Å². The zero-order valence-electron chi connectivity index (χ0n) is 9.34. The maximum absolute atomic E-state index is 11.9. The van der Waals surface area contributed by atoms with Crippen LogP contribution in [-0.4, -0.2) is 19.6 Å². The first-order chi connectivity index (χ1) is 7.56. The average Bonchev–Trinajstić information content (AvgIpc) is 2.25. The number of amides is 1. The predicted octanol–water partition coefficient (Wildman–Crippen LogP) is 2.76. The lowest BCUT2D eigenvalue weighted by atomic mass is 10.2. The molecule has 0 saturated carbocycles. The molecule has 1 rings (SSSR count). The van der Waals surface area contributed by atoms with Crippen molar-refractivity contribution in [3.05, 3.63) is 40.4 Å². The van der Waals surface area contributed by atoms with Crippen LogP contribution in [0, 0.1) is 0 Å². The van der Waals surface area contributed by atoms with E-state index in [1.807, 2.05) is 13.0 Å². The smallest absolute Gasteiger partial charge is 0.256 e. The molecular formula is C12H14BrNO2. The van der Waals surface area contributed by atoms with Crippen LogP contribution < -0.4 is 10.1 Å². The second kappa shape index (κ2) is 5.70. The molecule has 0 aromatic heterocycles. The molecule has 0 fully saturated rings. The lowest BCUT2D eigenvalue weighted by Crippen LogP contribution is -2.25. The molecule has 86 valence electrons. The van der Waals surface area contributed by atoms with Gasteiger partial charge in [-0.2, -0.15) is 0 Å². The summed E-state index contributed by atoms with van der Waals surface area (Å²) in [5.74, 6) is 0.376. The fourth-order valence-corrected chi connectivity index (χ4v) is 1.74. The van der Waals surface area contributed by atoms with E-state index in [0.717, 1.165) is 5.57 Å². The van der Waals surface area contributed by atoms with Gasteiger partial charge in [0.15, 0.2) is 0 Å². The molecule has 0 spiro atoms. The molecule has 0 aliphatic heterocycles.